The average Bonchev–Trinajstić information content (AvgIpc) is 2.90. The Labute approximate surface area is 227 Å². The summed E-state index contributed by atoms with van der Waals surface area (Å²) in [4.78, 5) is 44.3. The first-order valence-electron chi connectivity index (χ1n) is 11.8. The van der Waals surface area contributed by atoms with E-state index in [1.54, 1.807) is 41.0 Å². The number of anilines is 2. The van der Waals surface area contributed by atoms with Gasteiger partial charge in [0.05, 0.1) is 6.54 Å². The van der Waals surface area contributed by atoms with Gasteiger partial charge in [-0.2, -0.15) is 14.4 Å². The average molecular weight is 551 g/mol. The van der Waals surface area contributed by atoms with E-state index in [1.165, 1.54) is 31.3 Å². The van der Waals surface area contributed by atoms with Crippen molar-refractivity contribution >= 4 is 35.1 Å². The Morgan fingerprint density at radius 3 is 2.38 bits per heavy atom. The summed E-state index contributed by atoms with van der Waals surface area (Å²) < 4.78 is 20.5. The number of rotatable bonds is 10. The van der Waals surface area contributed by atoms with Crippen LogP contribution >= 0.6 is 11.6 Å². The van der Waals surface area contributed by atoms with Crippen LogP contribution in [-0.4, -0.2) is 39.4 Å². The van der Waals surface area contributed by atoms with E-state index in [0.717, 1.165) is 5.56 Å². The highest BCUT2D eigenvalue weighted by Gasteiger charge is 2.16. The highest BCUT2D eigenvalue weighted by molar-refractivity contribution is 6.30. The fraction of sp³-hybridized carbons (Fsp3) is 0.148. The van der Waals surface area contributed by atoms with Crippen molar-refractivity contribution in [3.63, 3.8) is 0 Å². The number of amides is 2. The number of halogens is 2. The van der Waals surface area contributed by atoms with E-state index < -0.39 is 17.4 Å². The maximum Gasteiger partial charge on any atom is 0.287 e. The molecule has 2 aromatic carbocycles. The third kappa shape index (κ3) is 7.86. The topological polar surface area (TPSA) is 127 Å². The van der Waals surface area contributed by atoms with Crippen LogP contribution in [0.4, 0.5) is 16.0 Å². The molecule has 0 saturated carbocycles. The molecule has 0 fully saturated rings. The van der Waals surface area contributed by atoms with Gasteiger partial charge in [0.1, 0.15) is 11.3 Å². The van der Waals surface area contributed by atoms with Crippen LogP contribution in [-0.2, 0) is 11.3 Å². The van der Waals surface area contributed by atoms with Gasteiger partial charge in [-0.25, -0.2) is 0 Å². The summed E-state index contributed by atoms with van der Waals surface area (Å²) >= 11 is 6.01. The van der Waals surface area contributed by atoms with Crippen molar-refractivity contribution in [1.29, 1.82) is 0 Å². The van der Waals surface area contributed by atoms with Crippen LogP contribution in [0.25, 0.3) is 0 Å². The van der Waals surface area contributed by atoms with Crippen LogP contribution in [0.2, 0.25) is 5.02 Å². The molecule has 0 atom stereocenters. The monoisotopic (exact) mass is 550 g/mol. The molecule has 3 N–H and O–H groups in total. The Morgan fingerprint density at radius 1 is 0.974 bits per heavy atom. The second-order valence-corrected chi connectivity index (χ2v) is 8.76. The summed E-state index contributed by atoms with van der Waals surface area (Å²) in [5, 5.41) is 8.84. The summed E-state index contributed by atoms with van der Waals surface area (Å²) in [5.74, 6) is -0.749. The van der Waals surface area contributed by atoms with Crippen LogP contribution in [0.15, 0.2) is 77.7 Å². The molecular formula is C27H24ClFN6O4. The van der Waals surface area contributed by atoms with Gasteiger partial charge in [0.2, 0.25) is 23.7 Å². The number of ether oxygens (including phenoxy) is 1. The third-order valence-electron chi connectivity index (χ3n) is 5.31. The van der Waals surface area contributed by atoms with E-state index in [9.17, 15) is 18.8 Å². The Morgan fingerprint density at radius 2 is 1.69 bits per heavy atom. The second kappa shape index (κ2) is 12.7. The van der Waals surface area contributed by atoms with Gasteiger partial charge < -0.3 is 25.3 Å². The van der Waals surface area contributed by atoms with Gasteiger partial charge in [-0.3, -0.25) is 14.4 Å². The number of nitrogens with one attached hydrogen (secondary N) is 3. The number of aromatic nitrogens is 3. The molecule has 2 heterocycles. The molecule has 0 spiro atoms. The summed E-state index contributed by atoms with van der Waals surface area (Å²) in [6.45, 7) is 2.02. The Bertz CT molecular complexity index is 1530. The molecule has 4 rings (SSSR count). The van der Waals surface area contributed by atoms with Gasteiger partial charge >= 0.3 is 0 Å². The Balaban J connectivity index is 1.56. The van der Waals surface area contributed by atoms with Crippen LogP contribution in [0.1, 0.15) is 22.8 Å². The number of benzene rings is 2. The lowest BCUT2D eigenvalue weighted by atomic mass is 10.2. The van der Waals surface area contributed by atoms with Crippen LogP contribution in [0, 0.1) is 5.95 Å². The first kappa shape index (κ1) is 27.3. The third-order valence-corrected chi connectivity index (χ3v) is 5.56. The normalized spacial score (nSPS) is 10.5. The number of carbonyl (C=O) groups excluding carboxylic acids is 2. The number of nitrogens with zero attached hydrogens (tertiary/aromatic N) is 3. The molecule has 4 aromatic rings. The summed E-state index contributed by atoms with van der Waals surface area (Å²) in [6, 6.07) is 18.0. The van der Waals surface area contributed by atoms with Crippen LogP contribution < -0.4 is 26.2 Å². The zero-order valence-corrected chi connectivity index (χ0v) is 21.5. The molecular weight excluding hydrogens is 527 g/mol. The lowest BCUT2D eigenvalue weighted by molar-refractivity contribution is -0.118. The zero-order valence-electron chi connectivity index (χ0n) is 20.8. The SMILES string of the molecule is CC(=O)NCCNC(=O)c1cn(Cc2ccc(Cl)cc2)c(Nc2ccc(Oc3cccc(F)n3)cc2)nc1=O. The summed E-state index contributed by atoms with van der Waals surface area (Å²) in [6.07, 6.45) is 1.42. The molecule has 0 bridgehead atoms. The van der Waals surface area contributed by atoms with Crippen molar-refractivity contribution in [2.45, 2.75) is 13.5 Å². The van der Waals surface area contributed by atoms with E-state index in [-0.39, 0.29) is 42.9 Å². The standard InChI is InChI=1S/C27H24ClFN6O4/c1-17(36)30-13-14-31-25(37)22-16-35(15-18-5-7-19(28)8-6-18)27(34-26(22)38)32-20-9-11-21(12-10-20)39-24-4-2-3-23(29)33-24/h2-12,16H,13-15H2,1H3,(H,30,36)(H,31,37)(H,32,34,38). The van der Waals surface area contributed by atoms with Crippen molar-refractivity contribution in [1.82, 2.24) is 25.2 Å². The highest BCUT2D eigenvalue weighted by Crippen LogP contribution is 2.23. The van der Waals surface area contributed by atoms with E-state index in [4.69, 9.17) is 16.3 Å². The van der Waals surface area contributed by atoms with Crippen LogP contribution in [0.3, 0.4) is 0 Å². The predicted octanol–water partition coefficient (Wildman–Crippen LogP) is 3.88. The van der Waals surface area contributed by atoms with E-state index in [0.29, 0.717) is 16.5 Å². The van der Waals surface area contributed by atoms with E-state index in [2.05, 4.69) is 25.9 Å². The maximum atomic E-state index is 13.3. The minimum absolute atomic E-state index is 0.111. The first-order chi connectivity index (χ1) is 18.8. The van der Waals surface area contributed by atoms with Gasteiger partial charge in [0.15, 0.2) is 0 Å². The molecule has 2 aromatic heterocycles. The maximum absolute atomic E-state index is 13.3. The fourth-order valence-electron chi connectivity index (χ4n) is 3.47. The molecule has 0 aliphatic heterocycles. The van der Waals surface area contributed by atoms with Gasteiger partial charge in [0, 0.05) is 43.0 Å². The van der Waals surface area contributed by atoms with Gasteiger partial charge in [0.25, 0.3) is 11.5 Å². The Kier molecular flexibility index (Phi) is 8.85. The van der Waals surface area contributed by atoms with Gasteiger partial charge in [-0.15, -0.1) is 0 Å². The molecule has 39 heavy (non-hydrogen) atoms. The molecule has 0 unspecified atom stereocenters. The molecule has 10 nitrogen and oxygen atoms in total. The molecule has 200 valence electrons. The molecule has 0 radical (unpaired) electrons. The van der Waals surface area contributed by atoms with Crippen molar-refractivity contribution in [3.05, 3.63) is 105 Å². The number of carbonyl (C=O) groups is 2. The number of pyridine rings is 1. The smallest absolute Gasteiger partial charge is 0.287 e. The molecule has 0 aliphatic carbocycles. The summed E-state index contributed by atoms with van der Waals surface area (Å²) in [7, 11) is 0. The Hall–Kier alpha value is -4.77. The predicted molar refractivity (Wildman–Crippen MR) is 144 cm³/mol. The second-order valence-electron chi connectivity index (χ2n) is 8.33. The first-order valence-corrected chi connectivity index (χ1v) is 12.2. The number of hydrogen-bond donors (Lipinski definition) is 3. The quantitative estimate of drug-likeness (QED) is 0.202. The molecule has 0 aliphatic rings. The number of hydrogen-bond acceptors (Lipinski definition) is 7. The van der Waals surface area contributed by atoms with E-state index >= 15 is 0 Å². The highest BCUT2D eigenvalue weighted by atomic mass is 35.5. The van der Waals surface area contributed by atoms with Crippen molar-refractivity contribution < 1.29 is 18.7 Å². The van der Waals surface area contributed by atoms with Crippen molar-refractivity contribution in [2.24, 2.45) is 0 Å². The van der Waals surface area contributed by atoms with Crippen molar-refractivity contribution in [2.75, 3.05) is 18.4 Å². The zero-order chi connectivity index (χ0) is 27.8. The van der Waals surface area contributed by atoms with Gasteiger partial charge in [-0.1, -0.05) is 29.8 Å². The minimum Gasteiger partial charge on any atom is -0.439 e. The molecule has 0 saturated heterocycles. The minimum atomic E-state index is -0.723. The summed E-state index contributed by atoms with van der Waals surface area (Å²) in [5.41, 5.74) is 0.567. The van der Waals surface area contributed by atoms with Crippen LogP contribution in [0.5, 0.6) is 11.6 Å². The largest absolute Gasteiger partial charge is 0.439 e. The van der Waals surface area contributed by atoms with Gasteiger partial charge in [-0.05, 0) is 48.0 Å². The van der Waals surface area contributed by atoms with Crippen molar-refractivity contribution in [3.8, 4) is 11.6 Å². The molecule has 2 amide bonds. The lowest BCUT2D eigenvalue weighted by Crippen LogP contribution is -2.36. The fourth-order valence-corrected chi connectivity index (χ4v) is 3.59. The van der Waals surface area contributed by atoms with E-state index in [1.807, 2.05) is 12.1 Å². The molecule has 12 heteroatoms. The lowest BCUT2D eigenvalue weighted by Gasteiger charge is -2.16.